The number of amides is 1. The molecule has 1 aromatic rings. The number of hydrogen-bond donors (Lipinski definition) is 1. The van der Waals surface area contributed by atoms with E-state index in [-0.39, 0.29) is 18.3 Å². The highest BCUT2D eigenvalue weighted by molar-refractivity contribution is 6.27. The first kappa shape index (κ1) is 9.45. The first-order chi connectivity index (χ1) is 6.79. The number of carbonyl (C=O) groups excluding carboxylic acids is 1. The molecule has 1 saturated carbocycles. The van der Waals surface area contributed by atoms with Crippen LogP contribution in [-0.2, 0) is 11.3 Å². The number of rotatable bonds is 4. The molecule has 6 heteroatoms. The SMILES string of the molecule is O=C(CCl)NCc1nc(C2CC2)no1. The molecule has 0 radical (unpaired) electrons. The molecule has 0 saturated heterocycles. The number of aromatic nitrogens is 2. The fourth-order valence-electron chi connectivity index (χ4n) is 1.07. The van der Waals surface area contributed by atoms with Crippen LogP contribution in [0.25, 0.3) is 0 Å². The van der Waals surface area contributed by atoms with Crippen LogP contribution in [0.5, 0.6) is 0 Å². The standard InChI is InChI=1S/C8H10ClN3O2/c9-3-6(13)10-4-7-11-8(12-14-7)5-1-2-5/h5H,1-4H2,(H,10,13). The van der Waals surface area contributed by atoms with Gasteiger partial charge < -0.3 is 9.84 Å². The molecule has 1 N–H and O–H groups in total. The van der Waals surface area contributed by atoms with E-state index in [2.05, 4.69) is 15.5 Å². The first-order valence-corrected chi connectivity index (χ1v) is 4.98. The van der Waals surface area contributed by atoms with Crippen LogP contribution in [-0.4, -0.2) is 21.9 Å². The zero-order valence-corrected chi connectivity index (χ0v) is 8.25. The topological polar surface area (TPSA) is 68.0 Å². The molecular formula is C8H10ClN3O2. The van der Waals surface area contributed by atoms with Gasteiger partial charge in [0.25, 0.3) is 0 Å². The Morgan fingerprint density at radius 1 is 1.64 bits per heavy atom. The second kappa shape index (κ2) is 3.96. The molecule has 1 heterocycles. The molecule has 1 aliphatic carbocycles. The van der Waals surface area contributed by atoms with Crippen molar-refractivity contribution >= 4 is 17.5 Å². The minimum absolute atomic E-state index is 0.0520. The van der Waals surface area contributed by atoms with E-state index in [9.17, 15) is 4.79 Å². The van der Waals surface area contributed by atoms with Gasteiger partial charge in [0, 0.05) is 5.92 Å². The molecule has 0 unspecified atom stereocenters. The third-order valence-electron chi connectivity index (χ3n) is 1.98. The number of nitrogens with one attached hydrogen (secondary N) is 1. The predicted octanol–water partition coefficient (Wildman–Crippen LogP) is 0.802. The van der Waals surface area contributed by atoms with E-state index in [4.69, 9.17) is 16.1 Å². The maximum Gasteiger partial charge on any atom is 0.246 e. The summed E-state index contributed by atoms with van der Waals surface area (Å²) in [5.41, 5.74) is 0. The van der Waals surface area contributed by atoms with E-state index in [1.54, 1.807) is 0 Å². The number of halogens is 1. The van der Waals surface area contributed by atoms with Crippen LogP contribution in [0, 0.1) is 0 Å². The molecule has 1 aromatic heterocycles. The lowest BCUT2D eigenvalue weighted by atomic mass is 10.4. The molecule has 1 aliphatic rings. The van der Waals surface area contributed by atoms with E-state index >= 15 is 0 Å². The van der Waals surface area contributed by atoms with Crippen LogP contribution in [0.4, 0.5) is 0 Å². The third-order valence-corrected chi connectivity index (χ3v) is 2.23. The highest BCUT2D eigenvalue weighted by Crippen LogP contribution is 2.37. The fraction of sp³-hybridized carbons (Fsp3) is 0.625. The maximum atomic E-state index is 10.8. The number of nitrogens with zero attached hydrogens (tertiary/aromatic N) is 2. The van der Waals surface area contributed by atoms with Gasteiger partial charge in [-0.1, -0.05) is 5.16 Å². The van der Waals surface area contributed by atoms with E-state index < -0.39 is 0 Å². The Hall–Kier alpha value is -1.10. The minimum Gasteiger partial charge on any atom is -0.346 e. The Bertz CT molecular complexity index is 335. The molecule has 0 atom stereocenters. The lowest BCUT2D eigenvalue weighted by Crippen LogP contribution is -2.23. The summed E-state index contributed by atoms with van der Waals surface area (Å²) in [6, 6.07) is 0. The summed E-state index contributed by atoms with van der Waals surface area (Å²) in [5, 5.41) is 6.37. The Morgan fingerprint density at radius 2 is 2.43 bits per heavy atom. The smallest absolute Gasteiger partial charge is 0.246 e. The number of carbonyl (C=O) groups is 1. The number of alkyl halides is 1. The van der Waals surface area contributed by atoms with Crippen LogP contribution in [0.2, 0.25) is 0 Å². The van der Waals surface area contributed by atoms with Crippen LogP contribution < -0.4 is 5.32 Å². The van der Waals surface area contributed by atoms with Crippen molar-refractivity contribution in [3.05, 3.63) is 11.7 Å². The van der Waals surface area contributed by atoms with Crippen molar-refractivity contribution in [3.63, 3.8) is 0 Å². The second-order valence-electron chi connectivity index (χ2n) is 3.23. The zero-order valence-electron chi connectivity index (χ0n) is 7.49. The van der Waals surface area contributed by atoms with Gasteiger partial charge in [-0.05, 0) is 12.8 Å². The Labute approximate surface area is 85.8 Å². The molecule has 0 aliphatic heterocycles. The Kier molecular flexibility index (Phi) is 2.67. The van der Waals surface area contributed by atoms with E-state index in [0.717, 1.165) is 18.7 Å². The van der Waals surface area contributed by atoms with E-state index in [0.29, 0.717) is 11.8 Å². The second-order valence-corrected chi connectivity index (χ2v) is 3.50. The van der Waals surface area contributed by atoms with Crippen LogP contribution >= 0.6 is 11.6 Å². The van der Waals surface area contributed by atoms with Crippen molar-refractivity contribution in [1.82, 2.24) is 15.5 Å². The van der Waals surface area contributed by atoms with Crippen LogP contribution in [0.15, 0.2) is 4.52 Å². The molecule has 0 bridgehead atoms. The summed E-state index contributed by atoms with van der Waals surface area (Å²) in [7, 11) is 0. The molecule has 14 heavy (non-hydrogen) atoms. The summed E-state index contributed by atoms with van der Waals surface area (Å²) in [4.78, 5) is 14.9. The monoisotopic (exact) mass is 215 g/mol. The van der Waals surface area contributed by atoms with Crippen molar-refractivity contribution in [2.75, 3.05) is 5.88 Å². The van der Waals surface area contributed by atoms with Gasteiger partial charge >= 0.3 is 0 Å². The van der Waals surface area contributed by atoms with Crippen molar-refractivity contribution < 1.29 is 9.32 Å². The fourth-order valence-corrected chi connectivity index (χ4v) is 1.16. The molecule has 76 valence electrons. The predicted molar refractivity (Wildman–Crippen MR) is 48.8 cm³/mol. The maximum absolute atomic E-state index is 10.8. The van der Waals surface area contributed by atoms with Gasteiger partial charge in [-0.2, -0.15) is 4.98 Å². The average Bonchev–Trinajstić information content (AvgIpc) is 2.95. The van der Waals surface area contributed by atoms with E-state index in [1.807, 2.05) is 0 Å². The minimum atomic E-state index is -0.238. The molecule has 1 amide bonds. The number of hydrogen-bond acceptors (Lipinski definition) is 4. The Morgan fingerprint density at radius 3 is 3.07 bits per heavy atom. The van der Waals surface area contributed by atoms with E-state index in [1.165, 1.54) is 0 Å². The van der Waals surface area contributed by atoms with Gasteiger partial charge in [-0.25, -0.2) is 0 Å². The van der Waals surface area contributed by atoms with Crippen LogP contribution in [0.1, 0.15) is 30.5 Å². The highest BCUT2D eigenvalue weighted by atomic mass is 35.5. The summed E-state index contributed by atoms with van der Waals surface area (Å²) < 4.78 is 4.94. The van der Waals surface area contributed by atoms with Crippen molar-refractivity contribution in [3.8, 4) is 0 Å². The van der Waals surface area contributed by atoms with Crippen molar-refractivity contribution in [2.24, 2.45) is 0 Å². The summed E-state index contributed by atoms with van der Waals surface area (Å²) in [6.45, 7) is 0.255. The summed E-state index contributed by atoms with van der Waals surface area (Å²) in [6.07, 6.45) is 2.26. The van der Waals surface area contributed by atoms with Crippen molar-refractivity contribution in [1.29, 1.82) is 0 Å². The largest absolute Gasteiger partial charge is 0.346 e. The average molecular weight is 216 g/mol. The molecular weight excluding hydrogens is 206 g/mol. The van der Waals surface area contributed by atoms with Gasteiger partial charge in [0.1, 0.15) is 5.88 Å². The van der Waals surface area contributed by atoms with Crippen molar-refractivity contribution in [2.45, 2.75) is 25.3 Å². The van der Waals surface area contributed by atoms with Gasteiger partial charge in [-0.15, -0.1) is 11.6 Å². The first-order valence-electron chi connectivity index (χ1n) is 4.44. The summed E-state index contributed by atoms with van der Waals surface area (Å²) >= 11 is 5.31. The normalized spacial score (nSPS) is 15.5. The van der Waals surface area contributed by atoms with Gasteiger partial charge in [0.15, 0.2) is 5.82 Å². The lowest BCUT2D eigenvalue weighted by molar-refractivity contribution is -0.118. The molecule has 2 rings (SSSR count). The van der Waals surface area contributed by atoms with Crippen LogP contribution in [0.3, 0.4) is 0 Å². The molecule has 0 aromatic carbocycles. The molecule has 0 spiro atoms. The summed E-state index contributed by atoms with van der Waals surface area (Å²) in [5.74, 6) is 1.36. The molecule has 5 nitrogen and oxygen atoms in total. The lowest BCUT2D eigenvalue weighted by Gasteiger charge is -1.95. The highest BCUT2D eigenvalue weighted by Gasteiger charge is 2.28. The molecule has 1 fully saturated rings. The zero-order chi connectivity index (χ0) is 9.97. The van der Waals surface area contributed by atoms with Gasteiger partial charge in [0.2, 0.25) is 11.8 Å². The quantitative estimate of drug-likeness (QED) is 0.755. The third kappa shape index (κ3) is 2.23. The van der Waals surface area contributed by atoms with Gasteiger partial charge in [0.05, 0.1) is 6.54 Å². The Balaban J connectivity index is 1.86. The van der Waals surface area contributed by atoms with Gasteiger partial charge in [-0.3, -0.25) is 4.79 Å².